The van der Waals surface area contributed by atoms with Gasteiger partial charge in [0.1, 0.15) is 0 Å². The van der Waals surface area contributed by atoms with E-state index in [0.29, 0.717) is 0 Å². The maximum atomic E-state index is 12.7. The Morgan fingerprint density at radius 2 is 2.04 bits per heavy atom. The Morgan fingerprint density at radius 1 is 1.42 bits per heavy atom. The summed E-state index contributed by atoms with van der Waals surface area (Å²) in [6, 6.07) is 2.55. The Hall–Kier alpha value is -1.58. The summed E-state index contributed by atoms with van der Waals surface area (Å²) in [7, 11) is -3.52. The predicted molar refractivity (Wildman–Crippen MR) is 86.3 cm³/mol. The zero-order chi connectivity index (χ0) is 18.5. The molecular weight excluding hydrogens is 369 g/mol. The van der Waals surface area contributed by atoms with E-state index in [-0.39, 0.29) is 30.2 Å². The van der Waals surface area contributed by atoms with E-state index >= 15 is 0 Å². The number of hydrogen-bond acceptors (Lipinski definition) is 3. The van der Waals surface area contributed by atoms with Crippen molar-refractivity contribution in [1.82, 2.24) is 4.31 Å². The molecule has 0 fully saturated rings. The van der Waals surface area contributed by atoms with Crippen molar-refractivity contribution in [2.45, 2.75) is 12.6 Å². The van der Waals surface area contributed by atoms with Crippen LogP contribution in [-0.2, 0) is 21.0 Å². The lowest BCUT2D eigenvalue weighted by molar-refractivity contribution is -0.137. The summed E-state index contributed by atoms with van der Waals surface area (Å²) >= 11 is 5.77. The van der Waals surface area contributed by atoms with Gasteiger partial charge >= 0.3 is 6.18 Å². The van der Waals surface area contributed by atoms with Crippen molar-refractivity contribution in [3.05, 3.63) is 41.4 Å². The summed E-state index contributed by atoms with van der Waals surface area (Å²) in [6.45, 7) is 3.32. The van der Waals surface area contributed by atoms with Crippen LogP contribution in [-0.4, -0.2) is 38.0 Å². The number of amides is 1. The molecule has 0 aliphatic heterocycles. The van der Waals surface area contributed by atoms with E-state index in [1.165, 1.54) is 6.08 Å². The fraction of sp³-hybridized carbons (Fsp3) is 0.357. The molecule has 5 nitrogen and oxygen atoms in total. The molecule has 0 spiro atoms. The van der Waals surface area contributed by atoms with Crippen molar-refractivity contribution < 1.29 is 26.4 Å². The van der Waals surface area contributed by atoms with Crippen molar-refractivity contribution in [3.63, 3.8) is 0 Å². The van der Waals surface area contributed by atoms with Crippen LogP contribution in [0.1, 0.15) is 12.0 Å². The van der Waals surface area contributed by atoms with Gasteiger partial charge in [0, 0.05) is 19.5 Å². The van der Waals surface area contributed by atoms with Gasteiger partial charge in [-0.3, -0.25) is 4.79 Å². The fourth-order valence-electron chi connectivity index (χ4n) is 1.77. The topological polar surface area (TPSA) is 66.5 Å². The largest absolute Gasteiger partial charge is 0.416 e. The summed E-state index contributed by atoms with van der Waals surface area (Å²) in [5, 5.41) is 2.20. The van der Waals surface area contributed by atoms with Crippen LogP contribution >= 0.6 is 11.6 Å². The van der Waals surface area contributed by atoms with E-state index in [1.54, 1.807) is 0 Å². The molecule has 0 aliphatic carbocycles. The van der Waals surface area contributed by atoms with Gasteiger partial charge in [-0.25, -0.2) is 8.42 Å². The lowest BCUT2D eigenvalue weighted by atomic mass is 10.2. The van der Waals surface area contributed by atoms with Crippen LogP contribution in [0.15, 0.2) is 30.9 Å². The standard InChI is InChI=1S/C14H16ClF3N2O3S/c1-3-7-20(24(2,22)23)8-6-13(21)19-12-9-10(14(16,17)18)4-5-11(12)15/h3-5,9H,1,6-8H2,2H3,(H,19,21). The molecule has 0 saturated carbocycles. The van der Waals surface area contributed by atoms with Gasteiger partial charge in [0.05, 0.1) is 22.5 Å². The third-order valence-corrected chi connectivity index (χ3v) is 4.56. The Kier molecular flexibility index (Phi) is 6.82. The lowest BCUT2D eigenvalue weighted by Gasteiger charge is -2.18. The molecule has 10 heteroatoms. The normalized spacial score (nSPS) is 12.2. The predicted octanol–water partition coefficient (Wildman–Crippen LogP) is 3.14. The number of nitrogens with zero attached hydrogens (tertiary/aromatic N) is 1. The Labute approximate surface area is 143 Å². The molecule has 0 aromatic heterocycles. The number of sulfonamides is 1. The van der Waals surface area contributed by atoms with Crippen molar-refractivity contribution in [3.8, 4) is 0 Å². The van der Waals surface area contributed by atoms with Gasteiger partial charge in [-0.2, -0.15) is 17.5 Å². The van der Waals surface area contributed by atoms with E-state index in [4.69, 9.17) is 11.6 Å². The quantitative estimate of drug-likeness (QED) is 0.734. The Bertz CT molecular complexity index is 720. The molecule has 1 aromatic carbocycles. The second-order valence-electron chi connectivity index (χ2n) is 4.90. The molecule has 1 N–H and O–H groups in total. The summed E-state index contributed by atoms with van der Waals surface area (Å²) < 4.78 is 62.0. The van der Waals surface area contributed by atoms with E-state index < -0.39 is 27.7 Å². The molecule has 1 rings (SSSR count). The maximum absolute atomic E-state index is 12.7. The van der Waals surface area contributed by atoms with Crippen LogP contribution in [0.25, 0.3) is 0 Å². The number of carbonyl (C=O) groups excluding carboxylic acids is 1. The number of hydrogen-bond donors (Lipinski definition) is 1. The van der Waals surface area contributed by atoms with Gasteiger partial charge in [-0.15, -0.1) is 6.58 Å². The highest BCUT2D eigenvalue weighted by molar-refractivity contribution is 7.88. The number of halogens is 4. The monoisotopic (exact) mass is 384 g/mol. The molecule has 1 aromatic rings. The van der Waals surface area contributed by atoms with Crippen molar-refractivity contribution in [1.29, 1.82) is 0 Å². The van der Waals surface area contributed by atoms with Crippen LogP contribution in [0.2, 0.25) is 5.02 Å². The SMILES string of the molecule is C=CCN(CCC(=O)Nc1cc(C(F)(F)F)ccc1Cl)S(C)(=O)=O. The third-order valence-electron chi connectivity index (χ3n) is 2.96. The van der Waals surface area contributed by atoms with Crippen LogP contribution in [0, 0.1) is 0 Å². The van der Waals surface area contributed by atoms with Crippen molar-refractivity contribution in [2.24, 2.45) is 0 Å². The zero-order valence-corrected chi connectivity index (χ0v) is 14.3. The number of nitrogens with one attached hydrogen (secondary N) is 1. The second kappa shape index (κ2) is 8.00. The number of alkyl halides is 3. The smallest absolute Gasteiger partial charge is 0.325 e. The Balaban J connectivity index is 2.80. The maximum Gasteiger partial charge on any atom is 0.416 e. The molecule has 0 bridgehead atoms. The van der Waals surface area contributed by atoms with Gasteiger partial charge in [0.15, 0.2) is 0 Å². The summed E-state index contributed by atoms with van der Waals surface area (Å²) in [5.41, 5.74) is -1.14. The minimum atomic E-state index is -4.57. The van der Waals surface area contributed by atoms with Crippen molar-refractivity contribution in [2.75, 3.05) is 24.7 Å². The highest BCUT2D eigenvalue weighted by atomic mass is 35.5. The molecule has 0 aliphatic rings. The minimum absolute atomic E-state index is 0.0242. The molecule has 134 valence electrons. The zero-order valence-electron chi connectivity index (χ0n) is 12.7. The fourth-order valence-corrected chi connectivity index (χ4v) is 2.74. The first-order valence-electron chi connectivity index (χ1n) is 6.67. The van der Waals surface area contributed by atoms with Gasteiger partial charge in [-0.1, -0.05) is 17.7 Å². The highest BCUT2D eigenvalue weighted by Crippen LogP contribution is 2.33. The molecular formula is C14H16ClF3N2O3S. The lowest BCUT2D eigenvalue weighted by Crippen LogP contribution is -2.33. The van der Waals surface area contributed by atoms with Gasteiger partial charge < -0.3 is 5.32 Å². The summed E-state index contributed by atoms with van der Waals surface area (Å²) in [5.74, 6) is -0.658. The van der Waals surface area contributed by atoms with Crippen LogP contribution in [0.5, 0.6) is 0 Å². The van der Waals surface area contributed by atoms with E-state index in [1.807, 2.05) is 0 Å². The average molecular weight is 385 g/mol. The number of carbonyl (C=O) groups is 1. The van der Waals surface area contributed by atoms with E-state index in [0.717, 1.165) is 28.8 Å². The summed E-state index contributed by atoms with van der Waals surface area (Å²) in [4.78, 5) is 11.9. The van der Waals surface area contributed by atoms with Gasteiger partial charge in [0.2, 0.25) is 15.9 Å². The van der Waals surface area contributed by atoms with Crippen LogP contribution < -0.4 is 5.32 Å². The number of benzene rings is 1. The number of anilines is 1. The molecule has 0 heterocycles. The van der Waals surface area contributed by atoms with Crippen LogP contribution in [0.3, 0.4) is 0 Å². The molecule has 24 heavy (non-hydrogen) atoms. The molecule has 0 atom stereocenters. The summed E-state index contributed by atoms with van der Waals surface area (Å²) in [6.07, 6.45) is -2.46. The highest BCUT2D eigenvalue weighted by Gasteiger charge is 2.31. The van der Waals surface area contributed by atoms with E-state index in [9.17, 15) is 26.4 Å². The molecule has 0 unspecified atom stereocenters. The first-order valence-corrected chi connectivity index (χ1v) is 8.90. The first-order chi connectivity index (χ1) is 10.9. The van der Waals surface area contributed by atoms with Crippen LogP contribution in [0.4, 0.5) is 18.9 Å². The average Bonchev–Trinajstić information content (AvgIpc) is 2.43. The van der Waals surface area contributed by atoms with Gasteiger partial charge in [0.25, 0.3) is 0 Å². The second-order valence-corrected chi connectivity index (χ2v) is 7.29. The number of rotatable bonds is 7. The molecule has 0 saturated heterocycles. The van der Waals surface area contributed by atoms with Gasteiger partial charge in [-0.05, 0) is 18.2 Å². The first kappa shape index (κ1) is 20.5. The molecule has 1 amide bonds. The third kappa shape index (κ3) is 6.14. The van der Waals surface area contributed by atoms with E-state index in [2.05, 4.69) is 11.9 Å². The van der Waals surface area contributed by atoms with Crippen molar-refractivity contribution >= 4 is 33.2 Å². The Morgan fingerprint density at radius 3 is 2.54 bits per heavy atom. The minimum Gasteiger partial charge on any atom is -0.325 e. The molecule has 0 radical (unpaired) electrons.